The van der Waals surface area contributed by atoms with Crippen molar-refractivity contribution in [3.63, 3.8) is 0 Å². The first-order valence-corrected chi connectivity index (χ1v) is 27.0. The van der Waals surface area contributed by atoms with Crippen LogP contribution in [-0.2, 0) is 43.7 Å². The number of pyridine rings is 1. The number of nitrogens with zero attached hydrogens (tertiary/aromatic N) is 4. The molecular weight excluding hydrogens is 1140 g/mol. The van der Waals surface area contributed by atoms with Gasteiger partial charge in [-0.3, -0.25) is 0 Å². The molecule has 12 bridgehead atoms. The van der Waals surface area contributed by atoms with Crippen molar-refractivity contribution >= 4 is 44.6 Å². The summed E-state index contributed by atoms with van der Waals surface area (Å²) >= 11 is 0. The quantitative estimate of drug-likeness (QED) is 0.161. The number of ether oxygens (including phenoxy) is 2. The van der Waals surface area contributed by atoms with Gasteiger partial charge in [0, 0.05) is 80.8 Å². The fraction of sp³-hybridized carbons (Fsp3) is 0.239. The van der Waals surface area contributed by atoms with Crippen molar-refractivity contribution in [2.45, 2.75) is 105 Å². The molecule has 0 amide bonds. The fourth-order valence-electron chi connectivity index (χ4n) is 11.8. The van der Waals surface area contributed by atoms with Crippen molar-refractivity contribution in [1.29, 1.82) is 0 Å². The zero-order chi connectivity index (χ0) is 55.0. The van der Waals surface area contributed by atoms with E-state index in [1.807, 2.05) is 87.6 Å². The number of para-hydroxylation sites is 4. The molecular formula is C71H65N4O2Pt-3. The van der Waals surface area contributed by atoms with Gasteiger partial charge in [-0.15, -0.1) is 53.6 Å². The zero-order valence-corrected chi connectivity index (χ0v) is 48.4. The van der Waals surface area contributed by atoms with Crippen LogP contribution < -0.4 is 19.3 Å². The normalized spacial score (nSPS) is 15.8. The van der Waals surface area contributed by atoms with E-state index >= 15 is 0 Å². The topological polar surface area (TPSA) is 42.8 Å². The van der Waals surface area contributed by atoms with Gasteiger partial charge in [-0.05, 0) is 128 Å². The minimum atomic E-state index is -1.76. The van der Waals surface area contributed by atoms with Gasteiger partial charge in [0.15, 0.2) is 0 Å². The Labute approximate surface area is 477 Å². The smallest absolute Gasteiger partial charge is 0.135 e. The van der Waals surface area contributed by atoms with Crippen molar-refractivity contribution in [2.24, 2.45) is 5.41 Å². The Morgan fingerprint density at radius 3 is 1.91 bits per heavy atom. The van der Waals surface area contributed by atoms with E-state index in [0.29, 0.717) is 39.9 Å². The molecule has 0 fully saturated rings. The molecule has 10 aromatic rings. The Bertz CT molecular complexity index is 4070. The summed E-state index contributed by atoms with van der Waals surface area (Å²) in [6, 6.07) is 64.8. The Balaban J connectivity index is 0.00000637. The molecule has 0 spiro atoms. The maximum Gasteiger partial charge on any atom is 0.135 e. The van der Waals surface area contributed by atoms with Gasteiger partial charge in [-0.25, -0.2) is 4.98 Å². The van der Waals surface area contributed by atoms with Crippen LogP contribution in [-0.4, -0.2) is 9.55 Å². The van der Waals surface area contributed by atoms with Gasteiger partial charge in [-0.1, -0.05) is 166 Å². The molecule has 2 aromatic heterocycles. The Kier molecular flexibility index (Phi) is 11.9. The molecule has 394 valence electrons. The molecule has 9 heterocycles. The van der Waals surface area contributed by atoms with Crippen LogP contribution in [0.5, 0.6) is 23.0 Å². The molecule has 0 radical (unpaired) electrons. The van der Waals surface area contributed by atoms with Gasteiger partial charge in [0.2, 0.25) is 0 Å². The second kappa shape index (κ2) is 18.9. The van der Waals surface area contributed by atoms with Gasteiger partial charge in [0.25, 0.3) is 0 Å². The number of benzene rings is 8. The zero-order valence-electron chi connectivity index (χ0n) is 48.1. The van der Waals surface area contributed by atoms with E-state index in [1.54, 1.807) is 0 Å². The molecule has 6 nitrogen and oxygen atoms in total. The minimum Gasteiger partial charge on any atom is -0.509 e. The molecule has 0 unspecified atom stereocenters. The van der Waals surface area contributed by atoms with Crippen molar-refractivity contribution < 1.29 is 33.3 Å². The number of aromatic nitrogens is 2. The van der Waals surface area contributed by atoms with Crippen LogP contribution in [0.1, 0.15) is 107 Å². The number of hydrogen-bond donors (Lipinski definition) is 0. The predicted octanol–water partition coefficient (Wildman–Crippen LogP) is 19.3. The second-order valence-corrected chi connectivity index (χ2v) is 24.6. The van der Waals surface area contributed by atoms with Gasteiger partial charge < -0.3 is 23.8 Å². The molecule has 18 rings (SSSR count). The van der Waals surface area contributed by atoms with Gasteiger partial charge in [-0.2, -0.15) is 6.07 Å². The van der Waals surface area contributed by atoms with Crippen LogP contribution in [0.3, 0.4) is 0 Å². The van der Waals surface area contributed by atoms with Crippen LogP contribution in [0.15, 0.2) is 170 Å². The number of anilines is 4. The molecule has 7 aliphatic heterocycles. The second-order valence-electron chi connectivity index (χ2n) is 24.6. The van der Waals surface area contributed by atoms with Crippen LogP contribution in [0.4, 0.5) is 22.7 Å². The number of hydrogen-bond acceptors (Lipinski definition) is 5. The van der Waals surface area contributed by atoms with Crippen LogP contribution >= 0.6 is 0 Å². The van der Waals surface area contributed by atoms with E-state index in [4.69, 9.17) is 14.5 Å². The third-order valence-electron chi connectivity index (χ3n) is 16.0. The first-order valence-electron chi connectivity index (χ1n) is 28.0. The van der Waals surface area contributed by atoms with E-state index in [2.05, 4.69) is 185 Å². The Morgan fingerprint density at radius 2 is 1.22 bits per heavy atom. The van der Waals surface area contributed by atoms with Gasteiger partial charge >= 0.3 is 0 Å². The molecule has 1 aliphatic carbocycles. The van der Waals surface area contributed by atoms with E-state index < -0.39 is 11.8 Å². The monoisotopic (exact) mass is 1200 g/mol. The standard InChI is InChI=1S/C71H65N4O2.Pt/c1-68(2,3)42-48-37-66-72-43-59(48)46-24-29-52(30-25-46)76-51-27-22-45(23-28-51)55-17-15-18-56(47-26-33-60-61(36-47)71(9,10)35-34-70(60,7)8)67(55)74-44-73(63-20-13-14-21-64(63)74)50-38-49(69(4,5)6)39-54(40-50)77-53-31-32-58-57-16-11-12-19-62(57)75(66)65(58)41-53;/h11-33,36-39,43-44H,34-35,42H2,1-10H3;/q-3;/i42D2;. The van der Waals surface area contributed by atoms with Crippen molar-refractivity contribution in [3.05, 3.63) is 211 Å². The van der Waals surface area contributed by atoms with Crippen molar-refractivity contribution in [1.82, 2.24) is 9.55 Å². The van der Waals surface area contributed by atoms with Gasteiger partial charge in [0.05, 0.1) is 0 Å². The van der Waals surface area contributed by atoms with Crippen molar-refractivity contribution in [3.8, 4) is 62.2 Å². The fourth-order valence-corrected chi connectivity index (χ4v) is 11.8. The van der Waals surface area contributed by atoms with Crippen LogP contribution in [0, 0.1) is 24.2 Å². The molecule has 0 saturated carbocycles. The van der Waals surface area contributed by atoms with E-state index in [9.17, 15) is 2.74 Å². The molecule has 7 heteroatoms. The van der Waals surface area contributed by atoms with E-state index in [-0.39, 0.29) is 37.3 Å². The van der Waals surface area contributed by atoms with Crippen LogP contribution in [0.25, 0.3) is 61.0 Å². The molecule has 0 N–H and O–H groups in total. The summed E-state index contributed by atoms with van der Waals surface area (Å²) in [5.41, 5.74) is 15.2. The van der Waals surface area contributed by atoms with E-state index in [0.717, 1.165) is 85.2 Å². The average Bonchev–Trinajstić information content (AvgIpc) is 3.97. The maximum atomic E-state index is 9.75. The summed E-state index contributed by atoms with van der Waals surface area (Å²) in [5, 5.41) is 2.01. The molecule has 8 aliphatic rings. The summed E-state index contributed by atoms with van der Waals surface area (Å²) in [7, 11) is 0. The summed E-state index contributed by atoms with van der Waals surface area (Å²) in [5.74, 6) is 3.03. The Hall–Kier alpha value is -7.40. The first kappa shape index (κ1) is 48.9. The van der Waals surface area contributed by atoms with Gasteiger partial charge in [0.1, 0.15) is 17.3 Å². The summed E-state index contributed by atoms with van der Waals surface area (Å²) in [6.07, 6.45) is 2.32. The Morgan fingerprint density at radius 1 is 0.590 bits per heavy atom. The molecule has 8 aromatic carbocycles. The summed E-state index contributed by atoms with van der Waals surface area (Å²) in [4.78, 5) is 9.75. The summed E-state index contributed by atoms with van der Waals surface area (Å²) in [6.45, 7) is 24.3. The maximum absolute atomic E-state index is 9.75. The average molecular weight is 1200 g/mol. The molecule has 78 heavy (non-hydrogen) atoms. The number of rotatable bonds is 2. The molecule has 0 saturated heterocycles. The third-order valence-corrected chi connectivity index (χ3v) is 16.0. The third kappa shape index (κ3) is 9.10. The summed E-state index contributed by atoms with van der Waals surface area (Å²) < 4.78 is 35.2. The van der Waals surface area contributed by atoms with Crippen molar-refractivity contribution in [2.75, 3.05) is 9.80 Å². The number of fused-ring (bicyclic) bond motifs is 4. The minimum absolute atomic E-state index is 0. The van der Waals surface area contributed by atoms with Crippen LogP contribution in [0.2, 0.25) is 0 Å². The molecule has 0 atom stereocenters. The first-order chi connectivity index (χ1) is 37.6. The largest absolute Gasteiger partial charge is 0.509 e. The SMILES string of the molecule is [2H]C([2H])(c1cc2ncc1-c1ccc(cc1)Oc1ccc(cc1)-c1cccc(-c3ccc4c(c3)C(C)(C)CCC4(C)C)c1N1[CH-]N(c3[c-]c(cc(C(C)(C)C)c3)Oc3[c-]c4c(cc3)c3ccccc3n4-2)c2ccccc21)C(C)(C)C.[Pt]. The van der Waals surface area contributed by atoms with E-state index in [1.165, 1.54) is 16.7 Å². The predicted molar refractivity (Wildman–Crippen MR) is 318 cm³/mol.